The fraction of sp³-hybridized carbons (Fsp3) is 0.400. The Bertz CT molecular complexity index is 547. The van der Waals surface area contributed by atoms with E-state index < -0.39 is 36.5 Å². The number of halogens is 3. The molecule has 10 heteroatoms. The van der Waals surface area contributed by atoms with E-state index >= 15 is 0 Å². The molecule has 1 aromatic rings. The second kappa shape index (κ2) is 6.05. The van der Waals surface area contributed by atoms with Crippen LogP contribution in [-0.2, 0) is 9.53 Å². The van der Waals surface area contributed by atoms with E-state index in [0.717, 1.165) is 7.11 Å². The van der Waals surface area contributed by atoms with E-state index in [0.29, 0.717) is 0 Å². The van der Waals surface area contributed by atoms with Crippen LogP contribution in [0.4, 0.5) is 19.2 Å². The first-order chi connectivity index (χ1) is 9.31. The number of hydrogen-bond donors (Lipinski definition) is 0. The predicted molar refractivity (Wildman–Crippen MR) is 57.5 cm³/mol. The molecule has 20 heavy (non-hydrogen) atoms. The van der Waals surface area contributed by atoms with Crippen LogP contribution in [0.25, 0.3) is 0 Å². The number of anilines is 1. The molecule has 0 aliphatic heterocycles. The highest BCUT2D eigenvalue weighted by molar-refractivity contribution is 5.95. The van der Waals surface area contributed by atoms with Gasteiger partial charge < -0.3 is 9.15 Å². The lowest BCUT2D eigenvalue weighted by atomic mass is 10.4. The van der Waals surface area contributed by atoms with Crippen LogP contribution < -0.4 is 4.90 Å². The Morgan fingerprint density at radius 1 is 1.45 bits per heavy atom. The number of carbonyl (C=O) groups excluding carboxylic acids is 2. The lowest BCUT2D eigenvalue weighted by Gasteiger charge is -2.18. The standard InChI is InChI=1S/C10H8F3N3O4/c1-3-4-5-16(8(18)10(11,12)13)9-15-14-6(20-9)7(17)19-2/h1H,4-5H2,2H3. The van der Waals surface area contributed by atoms with Gasteiger partial charge in [0.25, 0.3) is 0 Å². The van der Waals surface area contributed by atoms with E-state index in [9.17, 15) is 22.8 Å². The summed E-state index contributed by atoms with van der Waals surface area (Å²) in [6.45, 7) is -0.488. The summed E-state index contributed by atoms with van der Waals surface area (Å²) < 4.78 is 46.2. The smallest absolute Gasteiger partial charge is 0.462 e. The van der Waals surface area contributed by atoms with Crippen molar-refractivity contribution in [3.63, 3.8) is 0 Å². The Morgan fingerprint density at radius 3 is 2.60 bits per heavy atom. The van der Waals surface area contributed by atoms with Crippen molar-refractivity contribution < 1.29 is 31.9 Å². The van der Waals surface area contributed by atoms with Crippen molar-refractivity contribution in [3.05, 3.63) is 5.89 Å². The van der Waals surface area contributed by atoms with Gasteiger partial charge in [0, 0.05) is 13.0 Å². The minimum atomic E-state index is -5.14. The summed E-state index contributed by atoms with van der Waals surface area (Å²) in [5.41, 5.74) is 0. The van der Waals surface area contributed by atoms with E-state index in [2.05, 4.69) is 25.3 Å². The van der Waals surface area contributed by atoms with Gasteiger partial charge in [-0.3, -0.25) is 9.69 Å². The number of ether oxygens (including phenoxy) is 1. The number of amides is 1. The predicted octanol–water partition coefficient (Wildman–Crippen LogP) is 0.775. The van der Waals surface area contributed by atoms with Crippen molar-refractivity contribution in [1.29, 1.82) is 0 Å². The van der Waals surface area contributed by atoms with Gasteiger partial charge in [0.2, 0.25) is 0 Å². The monoisotopic (exact) mass is 291 g/mol. The van der Waals surface area contributed by atoms with Gasteiger partial charge >= 0.3 is 30.0 Å². The number of carbonyl (C=O) groups is 2. The zero-order valence-corrected chi connectivity index (χ0v) is 10.1. The normalized spacial score (nSPS) is 10.8. The lowest BCUT2D eigenvalue weighted by molar-refractivity contribution is -0.170. The van der Waals surface area contributed by atoms with Gasteiger partial charge in [-0.15, -0.1) is 12.3 Å². The molecule has 0 radical (unpaired) electrons. The molecule has 0 saturated heterocycles. The minimum absolute atomic E-state index is 0.152. The molecule has 0 atom stereocenters. The van der Waals surface area contributed by atoms with Crippen LogP contribution in [0.3, 0.4) is 0 Å². The van der Waals surface area contributed by atoms with E-state index in [1.54, 1.807) is 0 Å². The van der Waals surface area contributed by atoms with Gasteiger partial charge in [0.15, 0.2) is 0 Å². The lowest BCUT2D eigenvalue weighted by Crippen LogP contribution is -2.42. The molecule has 0 unspecified atom stereocenters. The highest BCUT2D eigenvalue weighted by Crippen LogP contribution is 2.23. The Balaban J connectivity index is 3.05. The molecule has 0 N–H and O–H groups in total. The number of rotatable bonds is 4. The summed E-state index contributed by atoms with van der Waals surface area (Å²) >= 11 is 0. The Kier molecular flexibility index (Phi) is 4.68. The zero-order chi connectivity index (χ0) is 15.3. The second-order valence-corrected chi connectivity index (χ2v) is 3.29. The molecule has 0 aliphatic rings. The van der Waals surface area contributed by atoms with Crippen molar-refractivity contribution in [3.8, 4) is 12.3 Å². The first-order valence-corrected chi connectivity index (χ1v) is 5.05. The van der Waals surface area contributed by atoms with Crippen LogP contribution >= 0.6 is 0 Å². The number of terminal acetylenes is 1. The summed E-state index contributed by atoms with van der Waals surface area (Å²) in [7, 11) is 1.02. The van der Waals surface area contributed by atoms with E-state index in [1.165, 1.54) is 0 Å². The van der Waals surface area contributed by atoms with Crippen LogP contribution in [0.5, 0.6) is 0 Å². The summed E-state index contributed by atoms with van der Waals surface area (Å²) in [6.07, 6.45) is -0.384. The molecule has 0 aliphatic carbocycles. The molecule has 1 amide bonds. The third-order valence-electron chi connectivity index (χ3n) is 1.97. The minimum Gasteiger partial charge on any atom is -0.462 e. The van der Waals surface area contributed by atoms with E-state index in [4.69, 9.17) is 6.42 Å². The number of esters is 1. The molecular formula is C10H8F3N3O4. The maximum atomic E-state index is 12.4. The van der Waals surface area contributed by atoms with Crippen LogP contribution in [0, 0.1) is 12.3 Å². The van der Waals surface area contributed by atoms with Crippen LogP contribution in [0.15, 0.2) is 4.42 Å². The van der Waals surface area contributed by atoms with E-state index in [1.807, 2.05) is 0 Å². The van der Waals surface area contributed by atoms with Crippen molar-refractivity contribution in [1.82, 2.24) is 10.2 Å². The number of methoxy groups -OCH3 is 1. The first kappa shape index (κ1) is 15.5. The van der Waals surface area contributed by atoms with Gasteiger partial charge in [-0.05, 0) is 0 Å². The first-order valence-electron chi connectivity index (χ1n) is 5.05. The van der Waals surface area contributed by atoms with Crippen molar-refractivity contribution >= 4 is 17.9 Å². The SMILES string of the molecule is C#CCCN(C(=O)C(F)(F)F)c1nnc(C(=O)OC)o1. The number of aromatic nitrogens is 2. The number of hydrogen-bond acceptors (Lipinski definition) is 6. The maximum absolute atomic E-state index is 12.4. The third kappa shape index (κ3) is 3.47. The van der Waals surface area contributed by atoms with Crippen LogP contribution in [0.1, 0.15) is 17.1 Å². The average Bonchev–Trinajstić information content (AvgIpc) is 2.86. The Hall–Kier alpha value is -2.57. The summed E-state index contributed by atoms with van der Waals surface area (Å²) in [5.74, 6) is -1.88. The molecule has 1 rings (SSSR count). The summed E-state index contributed by atoms with van der Waals surface area (Å²) in [6, 6.07) is -0.789. The van der Waals surface area contributed by atoms with Gasteiger partial charge in [0.1, 0.15) is 0 Å². The van der Waals surface area contributed by atoms with E-state index in [-0.39, 0.29) is 11.3 Å². The molecule has 1 aromatic heterocycles. The molecule has 7 nitrogen and oxygen atoms in total. The number of alkyl halides is 3. The fourth-order valence-electron chi connectivity index (χ4n) is 1.11. The van der Waals surface area contributed by atoms with Crippen molar-refractivity contribution in [2.75, 3.05) is 18.6 Å². The third-order valence-corrected chi connectivity index (χ3v) is 1.97. The maximum Gasteiger partial charge on any atom is 0.471 e. The Morgan fingerprint density at radius 2 is 2.10 bits per heavy atom. The van der Waals surface area contributed by atoms with Crippen LogP contribution in [-0.4, -0.2) is 41.9 Å². The fourth-order valence-corrected chi connectivity index (χ4v) is 1.11. The summed E-state index contributed by atoms with van der Waals surface area (Å²) in [4.78, 5) is 22.4. The molecule has 0 fully saturated rings. The van der Waals surface area contributed by atoms with Gasteiger partial charge in [-0.25, -0.2) is 4.79 Å². The van der Waals surface area contributed by atoms with Crippen molar-refractivity contribution in [2.24, 2.45) is 0 Å². The molecule has 0 aromatic carbocycles. The molecular weight excluding hydrogens is 283 g/mol. The molecule has 0 saturated carbocycles. The molecule has 0 spiro atoms. The summed E-state index contributed by atoms with van der Waals surface area (Å²) in [5, 5.41) is 6.37. The van der Waals surface area contributed by atoms with Crippen LogP contribution in [0.2, 0.25) is 0 Å². The van der Waals surface area contributed by atoms with Gasteiger partial charge in [0.05, 0.1) is 7.11 Å². The molecule has 108 valence electrons. The highest BCUT2D eigenvalue weighted by atomic mass is 19.4. The quantitative estimate of drug-likeness (QED) is 0.602. The van der Waals surface area contributed by atoms with Crippen molar-refractivity contribution in [2.45, 2.75) is 12.6 Å². The van der Waals surface area contributed by atoms with Gasteiger partial charge in [-0.2, -0.15) is 13.2 Å². The topological polar surface area (TPSA) is 85.5 Å². The Labute approximate surface area is 110 Å². The van der Waals surface area contributed by atoms with Gasteiger partial charge in [-0.1, -0.05) is 10.2 Å². The average molecular weight is 291 g/mol. The molecule has 0 bridgehead atoms. The second-order valence-electron chi connectivity index (χ2n) is 3.29. The highest BCUT2D eigenvalue weighted by Gasteiger charge is 2.44. The number of nitrogens with zero attached hydrogens (tertiary/aromatic N) is 3. The molecule has 1 heterocycles. The largest absolute Gasteiger partial charge is 0.471 e. The zero-order valence-electron chi connectivity index (χ0n) is 10.1.